The summed E-state index contributed by atoms with van der Waals surface area (Å²) in [5, 5.41) is 7.10. The summed E-state index contributed by atoms with van der Waals surface area (Å²) >= 11 is 0. The van der Waals surface area contributed by atoms with Crippen LogP contribution in [-0.2, 0) is 0 Å². The van der Waals surface area contributed by atoms with Crippen LogP contribution in [0.4, 0.5) is 0 Å². The van der Waals surface area contributed by atoms with Gasteiger partial charge in [0.15, 0.2) is 17.5 Å². The van der Waals surface area contributed by atoms with Crippen molar-refractivity contribution in [3.05, 3.63) is 200 Å². The molecule has 0 amide bonds. The lowest BCUT2D eigenvalue weighted by atomic mass is 9.89. The van der Waals surface area contributed by atoms with E-state index in [4.69, 9.17) is 21.8 Å². The van der Waals surface area contributed by atoms with Crippen molar-refractivity contribution < 1.29 is 6.85 Å². The van der Waals surface area contributed by atoms with Gasteiger partial charge in [0.1, 0.15) is 0 Å². The van der Waals surface area contributed by atoms with Crippen LogP contribution in [0.3, 0.4) is 0 Å². The second kappa shape index (κ2) is 13.4. The molecule has 54 heavy (non-hydrogen) atoms. The summed E-state index contributed by atoms with van der Waals surface area (Å²) in [5.41, 5.74) is 6.94. The Bertz CT molecular complexity index is 3230. The van der Waals surface area contributed by atoms with E-state index in [0.29, 0.717) is 28.6 Å². The fourth-order valence-corrected chi connectivity index (χ4v) is 7.39. The summed E-state index contributed by atoms with van der Waals surface area (Å²) in [6.45, 7) is 0. The maximum atomic E-state index is 8.78. The van der Waals surface area contributed by atoms with Crippen LogP contribution in [0.5, 0.6) is 0 Å². The molecular formula is C51H33N3. The van der Waals surface area contributed by atoms with Gasteiger partial charge in [0.2, 0.25) is 0 Å². The first-order chi connectivity index (χ1) is 28.8. The molecule has 0 saturated heterocycles. The first-order valence-corrected chi connectivity index (χ1v) is 17.9. The van der Waals surface area contributed by atoms with Crippen molar-refractivity contribution in [2.45, 2.75) is 0 Å². The lowest BCUT2D eigenvalue weighted by Gasteiger charge is -2.15. The number of rotatable bonds is 6. The SMILES string of the molecule is [2H]c1c([2H])c([2H])c(-c2ccccc2-c2nc(-c3ccc(-c4ccccc4)cc3)nc(-c3ccc(-c4c5ccccc5cc5c4ccc4ccccc45)cc3)n2)c([2H])c1[2H]. The zero-order valence-electron chi connectivity index (χ0n) is 34.0. The van der Waals surface area contributed by atoms with Gasteiger partial charge in [0.05, 0.1) is 6.85 Å². The van der Waals surface area contributed by atoms with Crippen molar-refractivity contribution in [3.63, 3.8) is 0 Å². The molecule has 9 aromatic carbocycles. The van der Waals surface area contributed by atoms with Crippen molar-refractivity contribution in [1.82, 2.24) is 15.0 Å². The molecule has 0 atom stereocenters. The van der Waals surface area contributed by atoms with E-state index in [2.05, 4.69) is 91.0 Å². The Morgan fingerprint density at radius 3 is 1.57 bits per heavy atom. The molecule has 1 aromatic heterocycles. The zero-order valence-corrected chi connectivity index (χ0v) is 29.0. The van der Waals surface area contributed by atoms with Crippen molar-refractivity contribution in [2.24, 2.45) is 0 Å². The molecular weight excluding hydrogens is 655 g/mol. The Labute approximate surface area is 321 Å². The number of nitrogens with zero attached hydrogens (tertiary/aromatic N) is 3. The summed E-state index contributed by atoms with van der Waals surface area (Å²) in [4.78, 5) is 15.1. The van der Waals surface area contributed by atoms with Gasteiger partial charge in [0, 0.05) is 16.7 Å². The summed E-state index contributed by atoms with van der Waals surface area (Å²) in [5.74, 6) is 1.19. The second-order valence-corrected chi connectivity index (χ2v) is 13.2. The third kappa shape index (κ3) is 5.69. The minimum absolute atomic E-state index is 0.0850. The van der Waals surface area contributed by atoms with Crippen LogP contribution in [0.25, 0.3) is 99.9 Å². The predicted molar refractivity (Wildman–Crippen MR) is 225 cm³/mol. The third-order valence-electron chi connectivity index (χ3n) is 10.0. The first-order valence-electron chi connectivity index (χ1n) is 20.4. The molecule has 3 nitrogen and oxygen atoms in total. The van der Waals surface area contributed by atoms with Crippen LogP contribution < -0.4 is 0 Å². The average Bonchev–Trinajstić information content (AvgIpc) is 3.30. The number of hydrogen-bond acceptors (Lipinski definition) is 3. The maximum absolute atomic E-state index is 8.78. The highest BCUT2D eigenvalue weighted by Crippen LogP contribution is 2.40. The molecule has 3 heteroatoms. The first kappa shape index (κ1) is 26.5. The second-order valence-electron chi connectivity index (χ2n) is 13.2. The van der Waals surface area contributed by atoms with Crippen LogP contribution >= 0.6 is 0 Å². The summed E-state index contributed by atoms with van der Waals surface area (Å²) in [6.07, 6.45) is 0. The Morgan fingerprint density at radius 1 is 0.315 bits per heavy atom. The fraction of sp³-hybridized carbons (Fsp3) is 0. The van der Waals surface area contributed by atoms with E-state index >= 15 is 0 Å². The quantitative estimate of drug-likeness (QED) is 0.129. The third-order valence-corrected chi connectivity index (χ3v) is 10.0. The van der Waals surface area contributed by atoms with E-state index in [1.807, 2.05) is 66.7 Å². The van der Waals surface area contributed by atoms with Crippen LogP contribution in [0.1, 0.15) is 6.85 Å². The normalized spacial score (nSPS) is 12.6. The minimum Gasteiger partial charge on any atom is -0.208 e. The van der Waals surface area contributed by atoms with Gasteiger partial charge < -0.3 is 0 Å². The van der Waals surface area contributed by atoms with Gasteiger partial charge in [-0.1, -0.05) is 194 Å². The molecule has 0 aliphatic heterocycles. The standard InChI is InChI=1S/C51H33N3/c1-3-13-34(14-4-1)35-23-27-39(28-24-35)49-52-50(54-51(53-49)46-22-12-11-19-42(46)36-15-5-2-6-16-36)40-29-25-38(26-30-40)48-44-21-10-8-18-41(44)33-47-43-20-9-7-17-37(43)31-32-45(47)48/h1-33H/i2D,5D,6D,15D,16D. The lowest BCUT2D eigenvalue weighted by molar-refractivity contribution is 1.07. The summed E-state index contributed by atoms with van der Waals surface area (Å²) in [7, 11) is 0. The molecule has 0 aliphatic carbocycles. The van der Waals surface area contributed by atoms with Gasteiger partial charge in [0.25, 0.3) is 0 Å². The number of fused-ring (bicyclic) bond motifs is 4. The molecule has 1 heterocycles. The molecule has 0 saturated carbocycles. The molecule has 0 unspecified atom stereocenters. The van der Waals surface area contributed by atoms with Crippen molar-refractivity contribution in [2.75, 3.05) is 0 Å². The fourth-order valence-electron chi connectivity index (χ4n) is 7.39. The van der Waals surface area contributed by atoms with E-state index in [-0.39, 0.29) is 17.6 Å². The molecule has 0 radical (unpaired) electrons. The smallest absolute Gasteiger partial charge is 0.164 e. The highest BCUT2D eigenvalue weighted by atomic mass is 15.0. The van der Waals surface area contributed by atoms with E-state index in [1.54, 1.807) is 12.1 Å². The zero-order chi connectivity index (χ0) is 40.2. The van der Waals surface area contributed by atoms with E-state index in [0.717, 1.165) is 38.8 Å². The molecule has 0 N–H and O–H groups in total. The minimum atomic E-state index is -0.446. The van der Waals surface area contributed by atoms with Crippen LogP contribution in [0.2, 0.25) is 0 Å². The summed E-state index contributed by atoms with van der Waals surface area (Å²) < 4.78 is 42.5. The monoisotopic (exact) mass is 692 g/mol. The number of aromatic nitrogens is 3. The van der Waals surface area contributed by atoms with Gasteiger partial charge >= 0.3 is 0 Å². The van der Waals surface area contributed by atoms with Crippen molar-refractivity contribution in [3.8, 4) is 67.5 Å². The Hall–Kier alpha value is -7.23. The van der Waals surface area contributed by atoms with E-state index in [9.17, 15) is 0 Å². The van der Waals surface area contributed by atoms with Crippen LogP contribution in [0, 0.1) is 0 Å². The lowest BCUT2D eigenvalue weighted by Crippen LogP contribution is -2.01. The highest BCUT2D eigenvalue weighted by Gasteiger charge is 2.17. The molecule has 0 spiro atoms. The van der Waals surface area contributed by atoms with Crippen LogP contribution in [0.15, 0.2) is 200 Å². The van der Waals surface area contributed by atoms with Gasteiger partial charge in [-0.25, -0.2) is 15.0 Å². The predicted octanol–water partition coefficient (Wildman–Crippen LogP) is 13.3. The Balaban J connectivity index is 1.15. The topological polar surface area (TPSA) is 38.7 Å². The maximum Gasteiger partial charge on any atom is 0.164 e. The Kier molecular flexibility index (Phi) is 6.58. The van der Waals surface area contributed by atoms with Gasteiger partial charge in [-0.05, 0) is 71.8 Å². The molecule has 0 aliphatic rings. The molecule has 252 valence electrons. The molecule has 10 rings (SSSR count). The van der Waals surface area contributed by atoms with Gasteiger partial charge in [-0.15, -0.1) is 0 Å². The van der Waals surface area contributed by atoms with Gasteiger partial charge in [-0.3, -0.25) is 0 Å². The van der Waals surface area contributed by atoms with Crippen LogP contribution in [-0.4, -0.2) is 15.0 Å². The Morgan fingerprint density at radius 2 is 0.852 bits per heavy atom. The largest absolute Gasteiger partial charge is 0.208 e. The average molecular weight is 693 g/mol. The van der Waals surface area contributed by atoms with Gasteiger partial charge in [-0.2, -0.15) is 0 Å². The number of hydrogen-bond donors (Lipinski definition) is 0. The molecule has 0 fully saturated rings. The highest BCUT2D eigenvalue weighted by molar-refractivity contribution is 6.20. The molecule has 0 bridgehead atoms. The van der Waals surface area contributed by atoms with Crippen molar-refractivity contribution in [1.29, 1.82) is 0 Å². The van der Waals surface area contributed by atoms with Crippen molar-refractivity contribution >= 4 is 32.3 Å². The van der Waals surface area contributed by atoms with E-state index < -0.39 is 18.1 Å². The summed E-state index contributed by atoms with van der Waals surface area (Å²) in [6, 6.07) is 55.5. The molecule has 10 aromatic rings. The number of benzene rings is 9. The van der Waals surface area contributed by atoms with E-state index in [1.165, 1.54) is 26.9 Å².